The van der Waals surface area contributed by atoms with Crippen molar-refractivity contribution in [3.8, 4) is 0 Å². The lowest BCUT2D eigenvalue weighted by Gasteiger charge is -2.34. The monoisotopic (exact) mass is 376 g/mol. The van der Waals surface area contributed by atoms with Gasteiger partial charge in [0.15, 0.2) is 0 Å². The van der Waals surface area contributed by atoms with Crippen LogP contribution in [0.25, 0.3) is 0 Å². The normalized spacial score (nSPS) is 12.6. The second-order valence-corrected chi connectivity index (χ2v) is 10.1. The van der Waals surface area contributed by atoms with Crippen molar-refractivity contribution in [1.82, 2.24) is 10.8 Å². The third-order valence-corrected chi connectivity index (χ3v) is 4.67. The molecule has 0 aliphatic carbocycles. The van der Waals surface area contributed by atoms with Crippen LogP contribution < -0.4 is 10.8 Å². The van der Waals surface area contributed by atoms with E-state index in [9.17, 15) is 9.59 Å². The van der Waals surface area contributed by atoms with Gasteiger partial charge in [-0.25, -0.2) is 5.48 Å². The topological polar surface area (TPSA) is 78.4 Å². The van der Waals surface area contributed by atoms with Crippen molar-refractivity contribution >= 4 is 11.8 Å². The molecule has 0 saturated carbocycles. The molecule has 0 aromatic heterocycles. The van der Waals surface area contributed by atoms with Crippen LogP contribution in [0.5, 0.6) is 0 Å². The molecule has 0 fully saturated rings. The van der Waals surface area contributed by atoms with E-state index in [1.807, 2.05) is 27.7 Å². The van der Waals surface area contributed by atoms with Gasteiger partial charge in [-0.1, -0.05) is 72.7 Å². The maximum absolute atomic E-state index is 12.4. The van der Waals surface area contributed by atoms with Crippen LogP contribution in [-0.2, 0) is 21.5 Å². The smallest absolute Gasteiger partial charge is 0.243 e. The molecular weight excluding hydrogens is 340 g/mol. The lowest BCUT2D eigenvalue weighted by molar-refractivity contribution is -0.131. The van der Waals surface area contributed by atoms with Gasteiger partial charge in [0.2, 0.25) is 11.8 Å². The molecule has 0 unspecified atom stereocenters. The first-order valence-corrected chi connectivity index (χ1v) is 9.53. The lowest BCUT2D eigenvalue weighted by Crippen LogP contribution is -2.33. The van der Waals surface area contributed by atoms with Gasteiger partial charge in [0.1, 0.15) is 0 Å². The maximum Gasteiger partial charge on any atom is 0.243 e. The molecule has 0 radical (unpaired) electrons. The number of carbonyl (C=O) groups is 2. The van der Waals surface area contributed by atoms with Crippen molar-refractivity contribution in [2.45, 2.75) is 79.7 Å². The first-order valence-electron chi connectivity index (χ1n) is 9.53. The number of hydroxylamine groups is 1. The number of rotatable bonds is 8. The molecule has 0 saturated heterocycles. The summed E-state index contributed by atoms with van der Waals surface area (Å²) in [7, 11) is 0. The summed E-state index contributed by atoms with van der Waals surface area (Å²) in [5.74, 6) is -0.402. The van der Waals surface area contributed by atoms with Gasteiger partial charge in [0, 0.05) is 19.4 Å². The van der Waals surface area contributed by atoms with E-state index in [0.717, 1.165) is 5.56 Å². The molecule has 1 aromatic rings. The van der Waals surface area contributed by atoms with E-state index in [1.165, 1.54) is 5.56 Å². The van der Waals surface area contributed by atoms with Crippen molar-refractivity contribution in [2.75, 3.05) is 0 Å². The minimum absolute atomic E-state index is 0.00214. The molecule has 3 N–H and O–H groups in total. The van der Waals surface area contributed by atoms with E-state index < -0.39 is 5.91 Å². The fourth-order valence-electron chi connectivity index (χ4n) is 3.72. The summed E-state index contributed by atoms with van der Waals surface area (Å²) >= 11 is 0. The molecular formula is C22H36N2O3. The predicted molar refractivity (Wildman–Crippen MR) is 108 cm³/mol. The molecule has 5 nitrogen and oxygen atoms in total. The van der Waals surface area contributed by atoms with Gasteiger partial charge < -0.3 is 5.32 Å². The van der Waals surface area contributed by atoms with Crippen LogP contribution in [0, 0.1) is 10.8 Å². The number of hydrogen-bond acceptors (Lipinski definition) is 3. The molecule has 152 valence electrons. The lowest BCUT2D eigenvalue weighted by atomic mass is 9.71. The zero-order valence-electron chi connectivity index (χ0n) is 17.9. The third kappa shape index (κ3) is 8.57. The van der Waals surface area contributed by atoms with Gasteiger partial charge in [-0.2, -0.15) is 0 Å². The van der Waals surface area contributed by atoms with E-state index in [-0.39, 0.29) is 28.6 Å². The molecule has 0 aliphatic rings. The number of nitrogens with one attached hydrogen (secondary N) is 2. The van der Waals surface area contributed by atoms with Gasteiger partial charge >= 0.3 is 0 Å². The maximum atomic E-state index is 12.4. The second-order valence-electron chi connectivity index (χ2n) is 10.1. The van der Waals surface area contributed by atoms with E-state index in [4.69, 9.17) is 5.21 Å². The van der Waals surface area contributed by atoms with Crippen molar-refractivity contribution < 1.29 is 14.8 Å². The Kier molecular flexibility index (Phi) is 7.61. The highest BCUT2D eigenvalue weighted by atomic mass is 16.5. The Balaban J connectivity index is 2.56. The SMILES string of the molecule is CC(C)(CC(=O)NO)CC(C)(C)CC(=O)NCc1ccc(C(C)(C)C)cc1. The van der Waals surface area contributed by atoms with Crippen molar-refractivity contribution in [2.24, 2.45) is 10.8 Å². The minimum atomic E-state index is -0.404. The van der Waals surface area contributed by atoms with Crippen molar-refractivity contribution in [3.63, 3.8) is 0 Å². The fourth-order valence-corrected chi connectivity index (χ4v) is 3.72. The Morgan fingerprint density at radius 2 is 1.33 bits per heavy atom. The first kappa shape index (κ1) is 23.2. The highest BCUT2D eigenvalue weighted by Crippen LogP contribution is 2.38. The van der Waals surface area contributed by atoms with E-state index in [1.54, 1.807) is 5.48 Å². The summed E-state index contributed by atoms with van der Waals surface area (Å²) in [6.07, 6.45) is 1.30. The number of hydrogen-bond donors (Lipinski definition) is 3. The van der Waals surface area contributed by atoms with Crippen LogP contribution in [0.1, 0.15) is 78.9 Å². The molecule has 0 bridgehead atoms. The van der Waals surface area contributed by atoms with E-state index >= 15 is 0 Å². The molecule has 1 aromatic carbocycles. The molecule has 27 heavy (non-hydrogen) atoms. The molecule has 5 heteroatoms. The largest absolute Gasteiger partial charge is 0.352 e. The van der Waals surface area contributed by atoms with Gasteiger partial charge in [0.25, 0.3) is 0 Å². The minimum Gasteiger partial charge on any atom is -0.352 e. The Morgan fingerprint density at radius 1 is 0.852 bits per heavy atom. The second kappa shape index (κ2) is 8.87. The van der Waals surface area contributed by atoms with Crippen molar-refractivity contribution in [3.05, 3.63) is 35.4 Å². The summed E-state index contributed by atoms with van der Waals surface area (Å²) in [6, 6.07) is 8.34. The van der Waals surface area contributed by atoms with Gasteiger partial charge in [-0.15, -0.1) is 0 Å². The molecule has 0 spiro atoms. The van der Waals surface area contributed by atoms with Crippen LogP contribution in [0.2, 0.25) is 0 Å². The van der Waals surface area contributed by atoms with Crippen LogP contribution in [0.15, 0.2) is 24.3 Å². The molecule has 0 aliphatic heterocycles. The molecule has 1 rings (SSSR count). The van der Waals surface area contributed by atoms with Crippen LogP contribution >= 0.6 is 0 Å². The summed E-state index contributed by atoms with van der Waals surface area (Å²) in [5, 5.41) is 11.7. The third-order valence-electron chi connectivity index (χ3n) is 4.67. The van der Waals surface area contributed by atoms with Crippen LogP contribution in [0.3, 0.4) is 0 Å². The van der Waals surface area contributed by atoms with E-state index in [0.29, 0.717) is 19.4 Å². The average molecular weight is 377 g/mol. The number of benzene rings is 1. The van der Waals surface area contributed by atoms with Crippen LogP contribution in [-0.4, -0.2) is 17.0 Å². The zero-order chi connectivity index (χ0) is 20.9. The number of carbonyl (C=O) groups excluding carboxylic acids is 2. The summed E-state index contributed by atoms with van der Waals surface area (Å²) in [5.41, 5.74) is 3.59. The quantitative estimate of drug-likeness (QED) is 0.467. The Labute approximate surface area is 163 Å². The molecule has 0 heterocycles. The number of amides is 2. The fraction of sp³-hybridized carbons (Fsp3) is 0.636. The highest BCUT2D eigenvalue weighted by molar-refractivity contribution is 5.77. The van der Waals surface area contributed by atoms with Gasteiger partial charge in [-0.3, -0.25) is 14.8 Å². The Hall–Kier alpha value is -1.88. The van der Waals surface area contributed by atoms with Crippen LogP contribution in [0.4, 0.5) is 0 Å². The summed E-state index contributed by atoms with van der Waals surface area (Å²) in [4.78, 5) is 23.8. The summed E-state index contributed by atoms with van der Waals surface area (Å²) < 4.78 is 0. The standard InChI is InChI=1S/C22H36N2O3/c1-20(2,3)17-10-8-16(9-11-17)14-23-18(25)12-21(4,5)15-22(6,7)13-19(26)24-27/h8-11,27H,12-15H2,1-7H3,(H,23,25)(H,24,26). The highest BCUT2D eigenvalue weighted by Gasteiger charge is 2.32. The van der Waals surface area contributed by atoms with Crippen molar-refractivity contribution in [1.29, 1.82) is 0 Å². The Morgan fingerprint density at radius 3 is 1.78 bits per heavy atom. The van der Waals surface area contributed by atoms with Gasteiger partial charge in [0.05, 0.1) is 0 Å². The molecule has 0 atom stereocenters. The van der Waals surface area contributed by atoms with E-state index in [2.05, 4.69) is 50.4 Å². The first-order chi connectivity index (χ1) is 12.2. The Bertz CT molecular complexity index is 641. The average Bonchev–Trinajstić information content (AvgIpc) is 2.50. The van der Waals surface area contributed by atoms with Gasteiger partial charge in [-0.05, 0) is 33.8 Å². The predicted octanol–water partition coefficient (Wildman–Crippen LogP) is 4.33. The molecule has 2 amide bonds. The zero-order valence-corrected chi connectivity index (χ0v) is 17.9. The summed E-state index contributed by atoms with van der Waals surface area (Å²) in [6.45, 7) is 15.0.